The maximum Gasteiger partial charge on any atom is 0.251 e. The fourth-order valence-corrected chi connectivity index (χ4v) is 4.19. The van der Waals surface area contributed by atoms with Crippen molar-refractivity contribution >= 4 is 49.8 Å². The molecule has 0 aliphatic rings. The first kappa shape index (κ1) is 26.7. The second-order valence-electron chi connectivity index (χ2n) is 8.82. The quantitative estimate of drug-likeness (QED) is 0.117. The van der Waals surface area contributed by atoms with Crippen LogP contribution in [0.25, 0.3) is 43.9 Å². The maximum atomic E-state index is 12.7. The number of ether oxygens (including phenoxy) is 3. The molecule has 3 aromatic heterocycles. The van der Waals surface area contributed by atoms with Gasteiger partial charge in [0.15, 0.2) is 0 Å². The van der Waals surface area contributed by atoms with Crippen molar-refractivity contribution in [2.75, 3.05) is 52.8 Å². The Bertz CT molecular complexity index is 1600. The lowest BCUT2D eigenvalue weighted by Crippen LogP contribution is -2.27. The predicted octanol–water partition coefficient (Wildman–Crippen LogP) is 2.01. The largest absolute Gasteiger partial charge is 0.394 e. The lowest BCUT2D eigenvalue weighted by atomic mass is 10.1. The molecule has 202 valence electrons. The van der Waals surface area contributed by atoms with Crippen molar-refractivity contribution < 1.29 is 29.2 Å². The van der Waals surface area contributed by atoms with Crippen LogP contribution in [0.2, 0.25) is 0 Å². The number of hydrogen-bond donors (Lipinski definition) is 3. The topological polar surface area (TPSA) is 149 Å². The predicted molar refractivity (Wildman–Crippen MR) is 146 cm³/mol. The fraction of sp³-hybridized carbons (Fsp3) is 0.321. The molecule has 0 bridgehead atoms. The monoisotopic (exact) mass is 531 g/mol. The van der Waals surface area contributed by atoms with Gasteiger partial charge >= 0.3 is 0 Å². The molecular formula is C28H29N5O6. The number of rotatable bonds is 13. The third-order valence-corrected chi connectivity index (χ3v) is 6.07. The number of aliphatic hydroxyl groups excluding tert-OH is 2. The number of carbonyl (C=O) groups excluding carboxylic acids is 1. The highest BCUT2D eigenvalue weighted by Crippen LogP contribution is 2.31. The number of benzene rings is 2. The van der Waals surface area contributed by atoms with Gasteiger partial charge in [-0.3, -0.25) is 14.8 Å². The molecule has 1 unspecified atom stereocenters. The van der Waals surface area contributed by atoms with E-state index in [9.17, 15) is 4.79 Å². The van der Waals surface area contributed by atoms with E-state index in [4.69, 9.17) is 34.4 Å². The van der Waals surface area contributed by atoms with Crippen molar-refractivity contribution in [2.24, 2.45) is 0 Å². The molecule has 5 aromatic rings. The van der Waals surface area contributed by atoms with Crippen LogP contribution in [0.4, 0.5) is 0 Å². The summed E-state index contributed by atoms with van der Waals surface area (Å²) in [5.41, 5.74) is 4.79. The van der Waals surface area contributed by atoms with Gasteiger partial charge < -0.3 is 29.7 Å². The normalized spacial score (nSPS) is 12.5. The summed E-state index contributed by atoms with van der Waals surface area (Å²) in [5, 5.41) is 22.5. The van der Waals surface area contributed by atoms with Crippen molar-refractivity contribution in [3.8, 4) is 0 Å². The SMILES string of the molecule is O=C(NCCOCCOCCOCC(O)CO)c1ccc2nc3c4cccnc4c4ncccc4c3nc2c1. The number of nitrogens with zero attached hydrogens (tertiary/aromatic N) is 4. The zero-order chi connectivity index (χ0) is 27.0. The molecule has 0 radical (unpaired) electrons. The Balaban J connectivity index is 1.17. The van der Waals surface area contributed by atoms with Gasteiger partial charge in [0, 0.05) is 35.3 Å². The van der Waals surface area contributed by atoms with E-state index in [0.717, 1.165) is 27.3 Å². The summed E-state index contributed by atoms with van der Waals surface area (Å²) >= 11 is 0. The van der Waals surface area contributed by atoms with Crippen molar-refractivity contribution in [1.29, 1.82) is 0 Å². The molecule has 39 heavy (non-hydrogen) atoms. The van der Waals surface area contributed by atoms with Crippen molar-refractivity contribution in [2.45, 2.75) is 6.10 Å². The van der Waals surface area contributed by atoms with Gasteiger partial charge in [-0.25, -0.2) is 9.97 Å². The van der Waals surface area contributed by atoms with E-state index in [1.165, 1.54) is 0 Å². The van der Waals surface area contributed by atoms with Gasteiger partial charge in [-0.2, -0.15) is 0 Å². The lowest BCUT2D eigenvalue weighted by Gasteiger charge is -2.10. The molecule has 0 saturated heterocycles. The van der Waals surface area contributed by atoms with Crippen molar-refractivity contribution in [3.63, 3.8) is 0 Å². The van der Waals surface area contributed by atoms with Crippen LogP contribution < -0.4 is 5.32 Å². The number of hydrogen-bond acceptors (Lipinski definition) is 10. The van der Waals surface area contributed by atoms with Gasteiger partial charge in [0.2, 0.25) is 0 Å². The Hall–Kier alpha value is -3.87. The molecule has 3 N–H and O–H groups in total. The number of amides is 1. The van der Waals surface area contributed by atoms with E-state index >= 15 is 0 Å². The first-order chi connectivity index (χ1) is 19.2. The van der Waals surface area contributed by atoms with Crippen LogP contribution in [0.5, 0.6) is 0 Å². The second-order valence-corrected chi connectivity index (χ2v) is 8.82. The fourth-order valence-electron chi connectivity index (χ4n) is 4.19. The van der Waals surface area contributed by atoms with E-state index in [-0.39, 0.29) is 19.1 Å². The molecule has 0 aliphatic heterocycles. The highest BCUT2D eigenvalue weighted by Gasteiger charge is 2.15. The first-order valence-corrected chi connectivity index (χ1v) is 12.7. The molecule has 3 heterocycles. The van der Waals surface area contributed by atoms with E-state index in [0.29, 0.717) is 61.7 Å². The Labute approximate surface area is 223 Å². The van der Waals surface area contributed by atoms with Crippen LogP contribution in [-0.2, 0) is 14.2 Å². The van der Waals surface area contributed by atoms with E-state index in [2.05, 4.69) is 15.3 Å². The van der Waals surface area contributed by atoms with E-state index in [1.54, 1.807) is 30.6 Å². The molecule has 0 saturated carbocycles. The van der Waals surface area contributed by atoms with Crippen LogP contribution in [0.1, 0.15) is 10.4 Å². The van der Waals surface area contributed by atoms with Crippen LogP contribution in [0.3, 0.4) is 0 Å². The molecule has 0 aliphatic carbocycles. The highest BCUT2D eigenvalue weighted by molar-refractivity contribution is 6.21. The summed E-state index contributed by atoms with van der Waals surface area (Å²) in [6.07, 6.45) is 2.61. The summed E-state index contributed by atoms with van der Waals surface area (Å²) in [4.78, 5) is 31.6. The molecule has 2 aromatic carbocycles. The van der Waals surface area contributed by atoms with Gasteiger partial charge in [0.25, 0.3) is 5.91 Å². The summed E-state index contributed by atoms with van der Waals surface area (Å²) in [6, 6.07) is 12.9. The zero-order valence-corrected chi connectivity index (χ0v) is 21.2. The molecule has 1 amide bonds. The number of carbonyl (C=O) groups is 1. The Morgan fingerprint density at radius 1 is 0.795 bits per heavy atom. The summed E-state index contributed by atoms with van der Waals surface area (Å²) in [7, 11) is 0. The Morgan fingerprint density at radius 3 is 2.08 bits per heavy atom. The minimum atomic E-state index is -0.873. The summed E-state index contributed by atoms with van der Waals surface area (Å²) in [5.74, 6) is -0.227. The highest BCUT2D eigenvalue weighted by atomic mass is 16.5. The van der Waals surface area contributed by atoms with Crippen molar-refractivity contribution in [1.82, 2.24) is 25.3 Å². The van der Waals surface area contributed by atoms with Gasteiger partial charge in [-0.05, 0) is 42.5 Å². The summed E-state index contributed by atoms with van der Waals surface area (Å²) < 4.78 is 16.0. The number of nitrogens with one attached hydrogen (secondary N) is 1. The molecule has 5 rings (SSSR count). The van der Waals surface area contributed by atoms with Crippen molar-refractivity contribution in [3.05, 3.63) is 60.4 Å². The second kappa shape index (κ2) is 12.8. The molecular weight excluding hydrogens is 502 g/mol. The van der Waals surface area contributed by atoms with E-state index in [1.807, 2.05) is 24.3 Å². The first-order valence-electron chi connectivity index (χ1n) is 12.7. The number of pyridine rings is 2. The van der Waals surface area contributed by atoms with Gasteiger partial charge in [-0.1, -0.05) is 0 Å². The third kappa shape index (κ3) is 6.24. The van der Waals surface area contributed by atoms with Crippen LogP contribution in [-0.4, -0.2) is 95.0 Å². The van der Waals surface area contributed by atoms with Gasteiger partial charge in [-0.15, -0.1) is 0 Å². The Morgan fingerprint density at radius 2 is 1.41 bits per heavy atom. The van der Waals surface area contributed by atoms with Gasteiger partial charge in [0.1, 0.15) is 6.10 Å². The van der Waals surface area contributed by atoms with Crippen LogP contribution in [0, 0.1) is 0 Å². The molecule has 11 heteroatoms. The minimum Gasteiger partial charge on any atom is -0.394 e. The van der Waals surface area contributed by atoms with Gasteiger partial charge in [0.05, 0.1) is 79.3 Å². The third-order valence-electron chi connectivity index (χ3n) is 6.07. The zero-order valence-electron chi connectivity index (χ0n) is 21.2. The average Bonchev–Trinajstić information content (AvgIpc) is 2.98. The maximum absolute atomic E-state index is 12.7. The molecule has 0 fully saturated rings. The molecule has 1 atom stereocenters. The number of fused-ring (bicyclic) bond motifs is 7. The van der Waals surface area contributed by atoms with Crippen LogP contribution >= 0.6 is 0 Å². The summed E-state index contributed by atoms with van der Waals surface area (Å²) in [6.45, 7) is 1.86. The minimum absolute atomic E-state index is 0.0692. The smallest absolute Gasteiger partial charge is 0.251 e. The average molecular weight is 532 g/mol. The number of aliphatic hydroxyl groups is 2. The van der Waals surface area contributed by atoms with E-state index < -0.39 is 6.10 Å². The number of aromatic nitrogens is 4. The van der Waals surface area contributed by atoms with Crippen LogP contribution in [0.15, 0.2) is 54.9 Å². The lowest BCUT2D eigenvalue weighted by molar-refractivity contribution is -0.0225. The standard InChI is InChI=1S/C28H29N5O6/c34-16-19(35)17-39-14-13-38-12-11-37-10-9-31-28(36)18-5-6-22-23(15-18)33-27-21-4-2-8-30-25(21)24-20(26(27)32-22)3-1-7-29-24/h1-8,15,19,34-35H,9-14,16-17H2,(H,31,36). The Kier molecular flexibility index (Phi) is 8.76. The molecule has 11 nitrogen and oxygen atoms in total. The molecule has 0 spiro atoms.